The SMILES string of the molecule is CCc1ccc(C(=O)N2CCCN(CCBr)CC2)cc1. The van der Waals surface area contributed by atoms with Gasteiger partial charge >= 0.3 is 0 Å². The van der Waals surface area contributed by atoms with Gasteiger partial charge in [-0.3, -0.25) is 4.79 Å². The van der Waals surface area contributed by atoms with Gasteiger partial charge < -0.3 is 9.80 Å². The van der Waals surface area contributed by atoms with Crippen LogP contribution < -0.4 is 0 Å². The summed E-state index contributed by atoms with van der Waals surface area (Å²) in [6.45, 7) is 6.96. The monoisotopic (exact) mass is 338 g/mol. The Labute approximate surface area is 130 Å². The van der Waals surface area contributed by atoms with E-state index in [-0.39, 0.29) is 5.91 Å². The van der Waals surface area contributed by atoms with Gasteiger partial charge in [-0.25, -0.2) is 0 Å². The first-order valence-corrected chi connectivity index (χ1v) is 8.53. The highest BCUT2D eigenvalue weighted by Crippen LogP contribution is 2.11. The number of amides is 1. The van der Waals surface area contributed by atoms with Gasteiger partial charge in [0.05, 0.1) is 0 Å². The molecule has 1 aromatic rings. The third-order valence-corrected chi connectivity index (χ3v) is 4.24. The highest BCUT2D eigenvalue weighted by molar-refractivity contribution is 9.09. The van der Waals surface area contributed by atoms with Crippen LogP contribution in [-0.4, -0.2) is 53.8 Å². The molecule has 1 aliphatic heterocycles. The molecule has 0 aromatic heterocycles. The van der Waals surface area contributed by atoms with Crippen LogP contribution in [0.25, 0.3) is 0 Å². The average Bonchev–Trinajstić information content (AvgIpc) is 2.73. The van der Waals surface area contributed by atoms with Crippen LogP contribution in [0, 0.1) is 0 Å². The fourth-order valence-electron chi connectivity index (χ4n) is 2.58. The smallest absolute Gasteiger partial charge is 0.253 e. The Balaban J connectivity index is 1.97. The van der Waals surface area contributed by atoms with Crippen molar-refractivity contribution in [3.63, 3.8) is 0 Å². The quantitative estimate of drug-likeness (QED) is 0.788. The number of hydrogen-bond acceptors (Lipinski definition) is 2. The number of nitrogens with zero attached hydrogens (tertiary/aromatic N) is 2. The molecule has 1 fully saturated rings. The molecule has 1 saturated heterocycles. The van der Waals surface area contributed by atoms with E-state index < -0.39 is 0 Å². The summed E-state index contributed by atoms with van der Waals surface area (Å²) in [7, 11) is 0. The molecule has 4 heteroatoms. The third-order valence-electron chi connectivity index (χ3n) is 3.89. The lowest BCUT2D eigenvalue weighted by molar-refractivity contribution is 0.0762. The molecule has 1 amide bonds. The maximum Gasteiger partial charge on any atom is 0.253 e. The Morgan fingerprint density at radius 1 is 1.15 bits per heavy atom. The van der Waals surface area contributed by atoms with E-state index in [1.807, 2.05) is 17.0 Å². The largest absolute Gasteiger partial charge is 0.337 e. The zero-order valence-electron chi connectivity index (χ0n) is 12.1. The summed E-state index contributed by atoms with van der Waals surface area (Å²) < 4.78 is 0. The predicted octanol–water partition coefficient (Wildman–Crippen LogP) is 2.79. The number of aryl methyl sites for hydroxylation is 1. The summed E-state index contributed by atoms with van der Waals surface area (Å²) in [6.07, 6.45) is 2.07. The number of carbonyl (C=O) groups excluding carboxylic acids is 1. The van der Waals surface area contributed by atoms with Crippen LogP contribution in [0.2, 0.25) is 0 Å². The molecule has 1 aromatic carbocycles. The second-order valence-corrected chi connectivity index (χ2v) is 6.02. The van der Waals surface area contributed by atoms with Crippen molar-refractivity contribution in [3.8, 4) is 0 Å². The Kier molecular flexibility index (Phi) is 6.05. The molecule has 0 saturated carbocycles. The number of carbonyl (C=O) groups is 1. The fraction of sp³-hybridized carbons (Fsp3) is 0.562. The maximum atomic E-state index is 12.5. The lowest BCUT2D eigenvalue weighted by atomic mass is 10.1. The van der Waals surface area contributed by atoms with Crippen molar-refractivity contribution in [3.05, 3.63) is 35.4 Å². The van der Waals surface area contributed by atoms with Crippen LogP contribution in [-0.2, 0) is 6.42 Å². The molecule has 0 aliphatic carbocycles. The normalized spacial score (nSPS) is 17.0. The van der Waals surface area contributed by atoms with Crippen LogP contribution in [0.5, 0.6) is 0 Å². The first-order valence-electron chi connectivity index (χ1n) is 7.41. The second-order valence-electron chi connectivity index (χ2n) is 5.23. The molecule has 0 unspecified atom stereocenters. The Morgan fingerprint density at radius 2 is 1.90 bits per heavy atom. The maximum absolute atomic E-state index is 12.5. The fourth-order valence-corrected chi connectivity index (χ4v) is 3.08. The molecule has 0 N–H and O–H groups in total. The Bertz CT molecular complexity index is 433. The van der Waals surface area contributed by atoms with Crippen LogP contribution in [0.15, 0.2) is 24.3 Å². The lowest BCUT2D eigenvalue weighted by Crippen LogP contribution is -2.35. The molecule has 0 spiro atoms. The van der Waals surface area contributed by atoms with E-state index in [0.717, 1.165) is 56.5 Å². The van der Waals surface area contributed by atoms with E-state index in [9.17, 15) is 4.79 Å². The standard InChI is InChI=1S/C16H23BrN2O/c1-2-14-4-6-15(7-5-14)16(20)19-10-3-9-18(11-8-17)12-13-19/h4-7H,2-3,8-13H2,1H3. The summed E-state index contributed by atoms with van der Waals surface area (Å²) in [5.41, 5.74) is 2.09. The van der Waals surface area contributed by atoms with Crippen molar-refractivity contribution < 1.29 is 4.79 Å². The topological polar surface area (TPSA) is 23.6 Å². The van der Waals surface area contributed by atoms with Crippen molar-refractivity contribution in [2.75, 3.05) is 38.1 Å². The number of alkyl halides is 1. The minimum absolute atomic E-state index is 0.174. The van der Waals surface area contributed by atoms with Gasteiger partial charge in [-0.15, -0.1) is 0 Å². The van der Waals surface area contributed by atoms with Crippen LogP contribution in [0.4, 0.5) is 0 Å². The molecule has 2 rings (SSSR count). The molecule has 1 heterocycles. The highest BCUT2D eigenvalue weighted by Gasteiger charge is 2.19. The number of halogens is 1. The molecular weight excluding hydrogens is 316 g/mol. The number of hydrogen-bond donors (Lipinski definition) is 0. The summed E-state index contributed by atoms with van der Waals surface area (Å²) in [6, 6.07) is 8.04. The zero-order chi connectivity index (χ0) is 14.4. The third kappa shape index (κ3) is 4.06. The molecule has 110 valence electrons. The highest BCUT2D eigenvalue weighted by atomic mass is 79.9. The van der Waals surface area contributed by atoms with E-state index in [1.165, 1.54) is 5.56 Å². The first-order chi connectivity index (χ1) is 9.74. The van der Waals surface area contributed by atoms with Crippen molar-refractivity contribution in [2.24, 2.45) is 0 Å². The Morgan fingerprint density at radius 3 is 2.55 bits per heavy atom. The van der Waals surface area contributed by atoms with Gasteiger partial charge in [-0.2, -0.15) is 0 Å². The van der Waals surface area contributed by atoms with E-state index in [0.29, 0.717) is 0 Å². The van der Waals surface area contributed by atoms with Gasteiger partial charge in [0, 0.05) is 37.1 Å². The number of rotatable bonds is 4. The van der Waals surface area contributed by atoms with Gasteiger partial charge in [0.25, 0.3) is 5.91 Å². The molecule has 1 aliphatic rings. The summed E-state index contributed by atoms with van der Waals surface area (Å²) in [4.78, 5) is 16.9. The molecule has 0 atom stereocenters. The van der Waals surface area contributed by atoms with Crippen molar-refractivity contribution in [1.82, 2.24) is 9.80 Å². The van der Waals surface area contributed by atoms with Crippen LogP contribution >= 0.6 is 15.9 Å². The van der Waals surface area contributed by atoms with Gasteiger partial charge in [-0.05, 0) is 37.1 Å². The zero-order valence-corrected chi connectivity index (χ0v) is 13.7. The van der Waals surface area contributed by atoms with Crippen molar-refractivity contribution in [2.45, 2.75) is 19.8 Å². The van der Waals surface area contributed by atoms with Gasteiger partial charge in [-0.1, -0.05) is 35.0 Å². The van der Waals surface area contributed by atoms with E-state index >= 15 is 0 Å². The first kappa shape index (κ1) is 15.5. The number of benzene rings is 1. The minimum Gasteiger partial charge on any atom is -0.337 e. The van der Waals surface area contributed by atoms with Crippen LogP contribution in [0.3, 0.4) is 0 Å². The molecule has 0 radical (unpaired) electrons. The molecule has 3 nitrogen and oxygen atoms in total. The van der Waals surface area contributed by atoms with E-state index in [2.05, 4.69) is 39.9 Å². The van der Waals surface area contributed by atoms with Crippen molar-refractivity contribution >= 4 is 21.8 Å². The van der Waals surface area contributed by atoms with Gasteiger partial charge in [0.1, 0.15) is 0 Å². The molecule has 0 bridgehead atoms. The minimum atomic E-state index is 0.174. The van der Waals surface area contributed by atoms with E-state index in [1.54, 1.807) is 0 Å². The summed E-state index contributed by atoms with van der Waals surface area (Å²) >= 11 is 3.48. The van der Waals surface area contributed by atoms with E-state index in [4.69, 9.17) is 0 Å². The van der Waals surface area contributed by atoms with Crippen molar-refractivity contribution in [1.29, 1.82) is 0 Å². The molecular formula is C16H23BrN2O. The molecule has 20 heavy (non-hydrogen) atoms. The van der Waals surface area contributed by atoms with Crippen LogP contribution in [0.1, 0.15) is 29.3 Å². The lowest BCUT2D eigenvalue weighted by Gasteiger charge is -2.21. The summed E-state index contributed by atoms with van der Waals surface area (Å²) in [5, 5.41) is 0.999. The van der Waals surface area contributed by atoms with Gasteiger partial charge in [0.2, 0.25) is 0 Å². The summed E-state index contributed by atoms with van der Waals surface area (Å²) in [5.74, 6) is 0.174. The Hall–Kier alpha value is -0.870. The van der Waals surface area contributed by atoms with Gasteiger partial charge in [0.15, 0.2) is 0 Å². The second kappa shape index (κ2) is 7.79. The average molecular weight is 339 g/mol. The predicted molar refractivity (Wildman–Crippen MR) is 86.6 cm³/mol.